The number of methoxy groups -OCH3 is 1. The minimum Gasteiger partial charge on any atom is -0.494 e. The third-order valence-corrected chi connectivity index (χ3v) is 4.26. The van der Waals surface area contributed by atoms with Crippen LogP contribution in [0.25, 0.3) is 0 Å². The Morgan fingerprint density at radius 2 is 2.00 bits per heavy atom. The van der Waals surface area contributed by atoms with Gasteiger partial charge in [0.15, 0.2) is 11.6 Å². The molecule has 3 heteroatoms. The summed E-state index contributed by atoms with van der Waals surface area (Å²) >= 11 is 0. The molecule has 1 fully saturated rings. The number of rotatable bonds is 4. The smallest absolute Gasteiger partial charge is 0.169 e. The largest absolute Gasteiger partial charge is 0.494 e. The summed E-state index contributed by atoms with van der Waals surface area (Å²) in [6, 6.07) is 5.44. The van der Waals surface area contributed by atoms with Crippen LogP contribution in [-0.2, 0) is 0 Å². The predicted molar refractivity (Wildman–Crippen MR) is 71.3 cm³/mol. The van der Waals surface area contributed by atoms with Gasteiger partial charge in [-0.3, -0.25) is 0 Å². The maximum atomic E-state index is 14.4. The molecule has 1 aliphatic rings. The van der Waals surface area contributed by atoms with E-state index >= 15 is 0 Å². The fourth-order valence-corrected chi connectivity index (χ4v) is 3.26. The zero-order chi connectivity index (χ0) is 13.2. The molecule has 0 heterocycles. The molecule has 0 aliphatic heterocycles. The maximum absolute atomic E-state index is 14.4. The molecule has 1 saturated carbocycles. The van der Waals surface area contributed by atoms with E-state index in [1.54, 1.807) is 6.07 Å². The first-order valence-corrected chi connectivity index (χ1v) is 6.62. The zero-order valence-corrected chi connectivity index (χ0v) is 11.4. The molecule has 0 spiro atoms. The Labute approximate surface area is 109 Å². The summed E-state index contributed by atoms with van der Waals surface area (Å²) in [5, 5.41) is 3.30. The Hall–Kier alpha value is -1.09. The van der Waals surface area contributed by atoms with Gasteiger partial charge in [-0.25, -0.2) is 4.39 Å². The van der Waals surface area contributed by atoms with Crippen LogP contribution in [0.15, 0.2) is 18.2 Å². The van der Waals surface area contributed by atoms with Crippen molar-refractivity contribution in [3.8, 4) is 5.75 Å². The second kappa shape index (κ2) is 5.27. The van der Waals surface area contributed by atoms with Gasteiger partial charge < -0.3 is 10.1 Å². The number of halogens is 1. The summed E-state index contributed by atoms with van der Waals surface area (Å²) in [6.07, 6.45) is 4.77. The average Bonchev–Trinajstić information content (AvgIpc) is 2.80. The Balaban J connectivity index is 2.38. The number of nitrogens with one attached hydrogen (secondary N) is 1. The fraction of sp³-hybridized carbons (Fsp3) is 0.600. The van der Waals surface area contributed by atoms with Gasteiger partial charge in [0.1, 0.15) is 0 Å². The van der Waals surface area contributed by atoms with Crippen LogP contribution < -0.4 is 10.1 Å². The van der Waals surface area contributed by atoms with E-state index in [0.717, 1.165) is 18.4 Å². The highest BCUT2D eigenvalue weighted by atomic mass is 19.1. The summed E-state index contributed by atoms with van der Waals surface area (Å²) in [5.74, 6) is 0.0989. The number of hydrogen-bond donors (Lipinski definition) is 1. The minimum absolute atomic E-state index is 0.0510. The average molecular weight is 251 g/mol. The first-order chi connectivity index (χ1) is 8.62. The topological polar surface area (TPSA) is 21.3 Å². The monoisotopic (exact) mass is 251 g/mol. The molecule has 1 unspecified atom stereocenters. The van der Waals surface area contributed by atoms with Gasteiger partial charge >= 0.3 is 0 Å². The van der Waals surface area contributed by atoms with E-state index in [0.29, 0.717) is 5.75 Å². The highest BCUT2D eigenvalue weighted by Gasteiger charge is 2.38. The zero-order valence-electron chi connectivity index (χ0n) is 11.4. The Morgan fingerprint density at radius 1 is 1.33 bits per heavy atom. The molecule has 2 rings (SSSR count). The Bertz CT molecular complexity index is 413. The van der Waals surface area contributed by atoms with Gasteiger partial charge in [-0.2, -0.15) is 0 Å². The molecule has 0 radical (unpaired) electrons. The van der Waals surface area contributed by atoms with Crippen LogP contribution in [0.3, 0.4) is 0 Å². The van der Waals surface area contributed by atoms with Crippen molar-refractivity contribution < 1.29 is 9.13 Å². The van der Waals surface area contributed by atoms with Crippen LogP contribution in [0.5, 0.6) is 5.75 Å². The van der Waals surface area contributed by atoms with E-state index in [2.05, 4.69) is 12.2 Å². The Kier molecular flexibility index (Phi) is 3.91. The van der Waals surface area contributed by atoms with Crippen LogP contribution in [0.1, 0.15) is 44.2 Å². The van der Waals surface area contributed by atoms with Crippen molar-refractivity contribution in [2.75, 3.05) is 14.2 Å². The number of ether oxygens (including phenoxy) is 1. The third-order valence-electron chi connectivity index (χ3n) is 4.26. The van der Waals surface area contributed by atoms with E-state index in [4.69, 9.17) is 4.74 Å². The summed E-state index contributed by atoms with van der Waals surface area (Å²) in [6.45, 7) is 2.25. The van der Waals surface area contributed by atoms with Gasteiger partial charge in [-0.05, 0) is 31.4 Å². The third kappa shape index (κ3) is 2.24. The van der Waals surface area contributed by atoms with Crippen molar-refractivity contribution in [1.82, 2.24) is 5.32 Å². The van der Waals surface area contributed by atoms with Gasteiger partial charge in [0, 0.05) is 11.6 Å². The molecule has 2 nitrogen and oxygen atoms in total. The Morgan fingerprint density at radius 3 is 2.56 bits per heavy atom. The number of benzene rings is 1. The molecule has 0 saturated heterocycles. The predicted octanol–water partition coefficient (Wildman–Crippen LogP) is 3.68. The van der Waals surface area contributed by atoms with Crippen LogP contribution in [0.2, 0.25) is 0 Å². The van der Waals surface area contributed by atoms with Gasteiger partial charge in [0.25, 0.3) is 0 Å². The second-order valence-corrected chi connectivity index (χ2v) is 5.45. The normalized spacial score (nSPS) is 19.8. The van der Waals surface area contributed by atoms with Crippen molar-refractivity contribution in [1.29, 1.82) is 0 Å². The highest BCUT2D eigenvalue weighted by Crippen LogP contribution is 2.48. The van der Waals surface area contributed by atoms with Crippen LogP contribution in [0, 0.1) is 11.2 Å². The van der Waals surface area contributed by atoms with E-state index in [9.17, 15) is 4.39 Å². The minimum atomic E-state index is -0.229. The van der Waals surface area contributed by atoms with E-state index < -0.39 is 0 Å². The van der Waals surface area contributed by atoms with Gasteiger partial charge in [-0.15, -0.1) is 0 Å². The van der Waals surface area contributed by atoms with E-state index in [1.807, 2.05) is 19.2 Å². The summed E-state index contributed by atoms with van der Waals surface area (Å²) in [7, 11) is 3.42. The molecule has 1 aromatic carbocycles. The molecular formula is C15H22FNO. The molecule has 0 amide bonds. The summed E-state index contributed by atoms with van der Waals surface area (Å²) < 4.78 is 19.4. The lowest BCUT2D eigenvalue weighted by Gasteiger charge is -2.34. The lowest BCUT2D eigenvalue weighted by molar-refractivity contribution is 0.227. The van der Waals surface area contributed by atoms with Crippen molar-refractivity contribution in [2.45, 2.75) is 38.6 Å². The van der Waals surface area contributed by atoms with Gasteiger partial charge in [-0.1, -0.05) is 31.9 Å². The molecular weight excluding hydrogens is 229 g/mol. The summed E-state index contributed by atoms with van der Waals surface area (Å²) in [4.78, 5) is 0. The summed E-state index contributed by atoms with van der Waals surface area (Å²) in [5.41, 5.74) is 0.864. The van der Waals surface area contributed by atoms with Crippen LogP contribution in [-0.4, -0.2) is 14.2 Å². The SMILES string of the molecule is CNC(c1cccc(OC)c1F)C1(C)CCCC1. The van der Waals surface area contributed by atoms with Crippen molar-refractivity contribution in [3.05, 3.63) is 29.6 Å². The van der Waals surface area contributed by atoms with Crippen LogP contribution >= 0.6 is 0 Å². The molecule has 18 heavy (non-hydrogen) atoms. The van der Waals surface area contributed by atoms with E-state index in [-0.39, 0.29) is 17.3 Å². The van der Waals surface area contributed by atoms with Gasteiger partial charge in [0.2, 0.25) is 0 Å². The first-order valence-electron chi connectivity index (χ1n) is 6.62. The first kappa shape index (κ1) is 13.3. The molecule has 0 aromatic heterocycles. The van der Waals surface area contributed by atoms with Crippen molar-refractivity contribution in [3.63, 3.8) is 0 Å². The molecule has 1 aliphatic carbocycles. The fourth-order valence-electron chi connectivity index (χ4n) is 3.26. The molecule has 1 atom stereocenters. The van der Waals surface area contributed by atoms with Crippen molar-refractivity contribution >= 4 is 0 Å². The second-order valence-electron chi connectivity index (χ2n) is 5.45. The van der Waals surface area contributed by atoms with Crippen molar-refractivity contribution in [2.24, 2.45) is 5.41 Å². The molecule has 1 aromatic rings. The molecule has 1 N–H and O–H groups in total. The highest BCUT2D eigenvalue weighted by molar-refractivity contribution is 5.34. The van der Waals surface area contributed by atoms with Gasteiger partial charge in [0.05, 0.1) is 7.11 Å². The maximum Gasteiger partial charge on any atom is 0.169 e. The van der Waals surface area contributed by atoms with E-state index in [1.165, 1.54) is 20.0 Å². The van der Waals surface area contributed by atoms with Crippen LogP contribution in [0.4, 0.5) is 4.39 Å². The lowest BCUT2D eigenvalue weighted by Crippen LogP contribution is -2.33. The molecule has 0 bridgehead atoms. The molecule has 100 valence electrons. The standard InChI is InChI=1S/C15H22FNO/c1-15(9-4-5-10-15)14(17-2)11-7-6-8-12(18-3)13(11)16/h6-8,14,17H,4-5,9-10H2,1-3H3. The number of hydrogen-bond acceptors (Lipinski definition) is 2. The lowest BCUT2D eigenvalue weighted by atomic mass is 9.77. The quantitative estimate of drug-likeness (QED) is 0.881.